The highest BCUT2D eigenvalue weighted by Gasteiger charge is 2.71. The molecular formula is C28H30FN5O5. The molecule has 2 unspecified atom stereocenters. The number of aromatic nitrogens is 1. The van der Waals surface area contributed by atoms with Crippen molar-refractivity contribution in [1.82, 2.24) is 15.2 Å². The Morgan fingerprint density at radius 1 is 1.23 bits per heavy atom. The van der Waals surface area contributed by atoms with Crippen LogP contribution in [0.1, 0.15) is 33.4 Å². The summed E-state index contributed by atoms with van der Waals surface area (Å²) in [5, 5.41) is 12.7. The second-order valence-corrected chi connectivity index (χ2v) is 11.2. The van der Waals surface area contributed by atoms with E-state index in [0.717, 1.165) is 0 Å². The van der Waals surface area contributed by atoms with E-state index < -0.39 is 29.0 Å². The number of nitrogens with one attached hydrogen (secondary N) is 1. The van der Waals surface area contributed by atoms with Crippen molar-refractivity contribution in [2.45, 2.75) is 44.8 Å². The lowest BCUT2D eigenvalue weighted by Crippen LogP contribution is -2.39. The number of amides is 3. The van der Waals surface area contributed by atoms with E-state index in [4.69, 9.17) is 9.47 Å². The SMILES string of the molecule is CC(=O)NC[C@H]1CN(c2ccc(-c3ccc(C4(C#N)C5CN(C(=O)OC(C)(C)C)CC54)nc3)c(F)c2)C(=O)O1. The van der Waals surface area contributed by atoms with E-state index in [-0.39, 0.29) is 36.9 Å². The lowest BCUT2D eigenvalue weighted by atomic mass is 9.95. The first-order chi connectivity index (χ1) is 18.4. The molecule has 11 heteroatoms. The zero-order valence-electron chi connectivity index (χ0n) is 22.2. The summed E-state index contributed by atoms with van der Waals surface area (Å²) in [6.45, 7) is 8.05. The molecule has 3 atom stereocenters. The van der Waals surface area contributed by atoms with E-state index >= 15 is 4.39 Å². The number of ether oxygens (including phenoxy) is 2. The number of fused-ring (bicyclic) bond motifs is 1. The molecule has 1 aliphatic carbocycles. The first kappa shape index (κ1) is 26.4. The summed E-state index contributed by atoms with van der Waals surface area (Å²) in [7, 11) is 0. The van der Waals surface area contributed by atoms with Gasteiger partial charge >= 0.3 is 12.2 Å². The van der Waals surface area contributed by atoms with Crippen LogP contribution in [-0.2, 0) is 19.7 Å². The Kier molecular flexibility index (Phi) is 6.45. The van der Waals surface area contributed by atoms with Crippen molar-refractivity contribution >= 4 is 23.8 Å². The van der Waals surface area contributed by atoms with Crippen LogP contribution in [0.15, 0.2) is 36.5 Å². The second-order valence-electron chi connectivity index (χ2n) is 11.2. The van der Waals surface area contributed by atoms with Crippen LogP contribution in [0.5, 0.6) is 0 Å². The second kappa shape index (κ2) is 9.52. The van der Waals surface area contributed by atoms with E-state index in [1.54, 1.807) is 35.4 Å². The molecule has 3 heterocycles. The van der Waals surface area contributed by atoms with Crippen molar-refractivity contribution in [2.75, 3.05) is 31.1 Å². The Hall–Kier alpha value is -4.20. The lowest BCUT2D eigenvalue weighted by molar-refractivity contribution is -0.119. The van der Waals surface area contributed by atoms with Gasteiger partial charge < -0.3 is 19.7 Å². The highest BCUT2D eigenvalue weighted by molar-refractivity contribution is 5.90. The standard InChI is InChI=1S/C28H30FN5O5/c1-16(35)31-11-19-12-34(26(37)38-19)18-6-7-20(23(29)9-18)17-5-8-24(32-10-17)28(15-30)21-13-33(14-22(21)28)25(36)39-27(2,3)4/h5-10,19,21-22H,11-14H2,1-4H3,(H,31,35)/t19-,21?,22?,28?/m0/s1. The molecule has 10 nitrogen and oxygen atoms in total. The normalized spacial score (nSPS) is 25.5. The maximum atomic E-state index is 15.1. The van der Waals surface area contributed by atoms with Gasteiger partial charge in [0.1, 0.15) is 22.9 Å². The molecule has 0 bridgehead atoms. The van der Waals surface area contributed by atoms with Gasteiger partial charge in [0, 0.05) is 49.2 Å². The first-order valence-corrected chi connectivity index (χ1v) is 12.8. The number of piperidine rings is 1. The summed E-state index contributed by atoms with van der Waals surface area (Å²) in [6, 6.07) is 10.4. The van der Waals surface area contributed by atoms with Crippen molar-refractivity contribution in [3.05, 3.63) is 48.0 Å². The number of carbonyl (C=O) groups excluding carboxylic acids is 3. The van der Waals surface area contributed by atoms with Gasteiger partial charge in [-0.1, -0.05) is 6.07 Å². The fourth-order valence-corrected chi connectivity index (χ4v) is 5.51. The highest BCUT2D eigenvalue weighted by Crippen LogP contribution is 2.62. The number of cyclic esters (lactones) is 1. The van der Waals surface area contributed by atoms with Gasteiger partial charge in [0.2, 0.25) is 5.91 Å². The van der Waals surface area contributed by atoms with Gasteiger partial charge in [0.15, 0.2) is 0 Å². The third-order valence-corrected chi connectivity index (χ3v) is 7.43. The van der Waals surface area contributed by atoms with E-state index in [1.165, 1.54) is 17.9 Å². The molecular weight excluding hydrogens is 505 g/mol. The van der Waals surface area contributed by atoms with Crippen LogP contribution in [0, 0.1) is 29.0 Å². The fraction of sp³-hybridized carbons (Fsp3) is 0.464. The molecule has 1 N–H and O–H groups in total. The lowest BCUT2D eigenvalue weighted by Gasteiger charge is -2.27. The fourth-order valence-electron chi connectivity index (χ4n) is 5.51. The minimum absolute atomic E-state index is 0.0286. The molecule has 2 saturated heterocycles. The Morgan fingerprint density at radius 3 is 2.51 bits per heavy atom. The minimum atomic E-state index is -0.774. The number of benzene rings is 1. The predicted octanol–water partition coefficient (Wildman–Crippen LogP) is 3.61. The van der Waals surface area contributed by atoms with Crippen LogP contribution >= 0.6 is 0 Å². The number of rotatable bonds is 5. The van der Waals surface area contributed by atoms with Gasteiger partial charge in [-0.05, 0) is 45.0 Å². The molecule has 1 saturated carbocycles. The van der Waals surface area contributed by atoms with Crippen LogP contribution in [0.25, 0.3) is 11.1 Å². The number of nitriles is 1. The van der Waals surface area contributed by atoms with Gasteiger partial charge in [-0.25, -0.2) is 14.0 Å². The molecule has 2 aromatic rings. The molecule has 0 radical (unpaired) electrons. The maximum absolute atomic E-state index is 15.1. The number of hydrogen-bond acceptors (Lipinski definition) is 7. The van der Waals surface area contributed by atoms with Crippen molar-refractivity contribution in [2.24, 2.45) is 11.8 Å². The topological polar surface area (TPSA) is 125 Å². The van der Waals surface area contributed by atoms with Crippen LogP contribution in [-0.4, -0.2) is 65.9 Å². The van der Waals surface area contributed by atoms with Gasteiger partial charge in [-0.15, -0.1) is 0 Å². The Morgan fingerprint density at radius 2 is 1.95 bits per heavy atom. The molecule has 0 spiro atoms. The molecule has 5 rings (SSSR count). The molecule has 1 aromatic heterocycles. The number of carbonyl (C=O) groups is 3. The molecule has 2 aliphatic heterocycles. The number of nitrogens with zero attached hydrogens (tertiary/aromatic N) is 4. The van der Waals surface area contributed by atoms with Crippen LogP contribution < -0.4 is 10.2 Å². The number of pyridine rings is 1. The van der Waals surface area contributed by atoms with Gasteiger partial charge in [-0.3, -0.25) is 14.7 Å². The van der Waals surface area contributed by atoms with Crippen LogP contribution in [0.2, 0.25) is 0 Å². The number of halogens is 1. The molecule has 3 aliphatic rings. The first-order valence-electron chi connectivity index (χ1n) is 12.8. The predicted molar refractivity (Wildman–Crippen MR) is 138 cm³/mol. The van der Waals surface area contributed by atoms with Crippen LogP contribution in [0.3, 0.4) is 0 Å². The Balaban J connectivity index is 1.26. The zero-order valence-corrected chi connectivity index (χ0v) is 22.2. The summed E-state index contributed by atoms with van der Waals surface area (Å²) in [5.41, 5.74) is 0.427. The smallest absolute Gasteiger partial charge is 0.414 e. The van der Waals surface area contributed by atoms with E-state index in [0.29, 0.717) is 35.6 Å². The number of hydrogen-bond donors (Lipinski definition) is 1. The summed E-state index contributed by atoms with van der Waals surface area (Å²) in [6.07, 6.45) is 0.0333. The maximum Gasteiger partial charge on any atom is 0.414 e. The average Bonchev–Trinajstić information content (AvgIpc) is 3.15. The summed E-state index contributed by atoms with van der Waals surface area (Å²) in [5.74, 6) is -0.822. The van der Waals surface area contributed by atoms with E-state index in [9.17, 15) is 19.6 Å². The Labute approximate surface area is 225 Å². The molecule has 3 amide bonds. The van der Waals surface area contributed by atoms with Crippen molar-refractivity contribution < 1.29 is 28.2 Å². The van der Waals surface area contributed by atoms with Crippen LogP contribution in [0.4, 0.5) is 19.7 Å². The van der Waals surface area contributed by atoms with E-state index in [1.807, 2.05) is 20.8 Å². The highest BCUT2D eigenvalue weighted by atomic mass is 19.1. The molecule has 3 fully saturated rings. The molecule has 39 heavy (non-hydrogen) atoms. The molecule has 204 valence electrons. The third-order valence-electron chi connectivity index (χ3n) is 7.43. The monoisotopic (exact) mass is 535 g/mol. The third kappa shape index (κ3) is 4.87. The van der Waals surface area contributed by atoms with Crippen molar-refractivity contribution in [3.8, 4) is 17.2 Å². The summed E-state index contributed by atoms with van der Waals surface area (Å²) >= 11 is 0. The summed E-state index contributed by atoms with van der Waals surface area (Å²) < 4.78 is 25.8. The van der Waals surface area contributed by atoms with Gasteiger partial charge in [0.25, 0.3) is 0 Å². The Bertz CT molecular complexity index is 1350. The largest absolute Gasteiger partial charge is 0.444 e. The average molecular weight is 536 g/mol. The molecule has 1 aromatic carbocycles. The minimum Gasteiger partial charge on any atom is -0.444 e. The number of anilines is 1. The van der Waals surface area contributed by atoms with Gasteiger partial charge in [0.05, 0.1) is 30.5 Å². The van der Waals surface area contributed by atoms with Gasteiger partial charge in [-0.2, -0.15) is 5.26 Å². The van der Waals surface area contributed by atoms with Crippen molar-refractivity contribution in [3.63, 3.8) is 0 Å². The number of likely N-dealkylation sites (tertiary alicyclic amines) is 1. The zero-order chi connectivity index (χ0) is 28.1. The quantitative estimate of drug-likeness (QED) is 0.620. The van der Waals surface area contributed by atoms with Crippen molar-refractivity contribution in [1.29, 1.82) is 5.26 Å². The summed E-state index contributed by atoms with van der Waals surface area (Å²) in [4.78, 5) is 43.3. The van der Waals surface area contributed by atoms with E-state index in [2.05, 4.69) is 16.4 Å².